The summed E-state index contributed by atoms with van der Waals surface area (Å²) in [4.78, 5) is 12.6. The summed E-state index contributed by atoms with van der Waals surface area (Å²) in [5.41, 5.74) is 2.31. The SMILES string of the molecule is CCc1cccc(NC(=O)c2ccc(S(=O)(=O)N3CCCC3)cc2)c1. The maximum Gasteiger partial charge on any atom is 0.255 e. The molecule has 1 fully saturated rings. The molecule has 0 unspecified atom stereocenters. The molecule has 1 N–H and O–H groups in total. The van der Waals surface area contributed by atoms with Gasteiger partial charge in [-0.1, -0.05) is 19.1 Å². The molecule has 0 aromatic heterocycles. The largest absolute Gasteiger partial charge is 0.322 e. The maximum atomic E-state index is 12.5. The fourth-order valence-electron chi connectivity index (χ4n) is 2.93. The molecule has 0 spiro atoms. The Hall–Kier alpha value is -2.18. The summed E-state index contributed by atoms with van der Waals surface area (Å²) in [6.45, 7) is 3.19. The van der Waals surface area contributed by atoms with Gasteiger partial charge in [-0.3, -0.25) is 4.79 Å². The number of nitrogens with one attached hydrogen (secondary N) is 1. The van der Waals surface area contributed by atoms with Gasteiger partial charge in [0.2, 0.25) is 10.0 Å². The molecule has 0 saturated carbocycles. The predicted octanol–water partition coefficient (Wildman–Crippen LogP) is 3.29. The van der Waals surface area contributed by atoms with E-state index in [-0.39, 0.29) is 10.8 Å². The third-order valence-electron chi connectivity index (χ3n) is 4.41. The van der Waals surface area contributed by atoms with Crippen molar-refractivity contribution in [3.63, 3.8) is 0 Å². The molecule has 0 bridgehead atoms. The van der Waals surface area contributed by atoms with Gasteiger partial charge < -0.3 is 5.32 Å². The predicted molar refractivity (Wildman–Crippen MR) is 98.2 cm³/mol. The van der Waals surface area contributed by atoms with Crippen LogP contribution in [0.15, 0.2) is 53.4 Å². The zero-order valence-corrected chi connectivity index (χ0v) is 15.1. The minimum Gasteiger partial charge on any atom is -0.322 e. The zero-order chi connectivity index (χ0) is 17.9. The van der Waals surface area contributed by atoms with E-state index in [4.69, 9.17) is 0 Å². The second kappa shape index (κ2) is 7.37. The van der Waals surface area contributed by atoms with Gasteiger partial charge in [0, 0.05) is 24.3 Å². The molecule has 3 rings (SSSR count). The highest BCUT2D eigenvalue weighted by atomic mass is 32.2. The summed E-state index contributed by atoms with van der Waals surface area (Å²) >= 11 is 0. The molecule has 5 nitrogen and oxygen atoms in total. The lowest BCUT2D eigenvalue weighted by atomic mass is 10.1. The Labute approximate surface area is 148 Å². The van der Waals surface area contributed by atoms with Gasteiger partial charge in [-0.05, 0) is 61.2 Å². The van der Waals surface area contributed by atoms with Crippen LogP contribution in [0.25, 0.3) is 0 Å². The average molecular weight is 358 g/mol. The van der Waals surface area contributed by atoms with Crippen molar-refractivity contribution >= 4 is 21.6 Å². The molecule has 0 atom stereocenters. The van der Waals surface area contributed by atoms with E-state index in [9.17, 15) is 13.2 Å². The number of nitrogens with zero attached hydrogens (tertiary/aromatic N) is 1. The molecule has 1 amide bonds. The summed E-state index contributed by atoms with van der Waals surface area (Å²) in [5.74, 6) is -0.252. The molecule has 1 aliphatic rings. The van der Waals surface area contributed by atoms with Gasteiger partial charge in [0.25, 0.3) is 5.91 Å². The first-order chi connectivity index (χ1) is 12.0. The monoisotopic (exact) mass is 358 g/mol. The minimum atomic E-state index is -3.45. The van der Waals surface area contributed by atoms with Crippen LogP contribution < -0.4 is 5.32 Å². The molecule has 1 heterocycles. The number of amides is 1. The Morgan fingerprint density at radius 3 is 2.40 bits per heavy atom. The molecule has 2 aromatic rings. The van der Waals surface area contributed by atoms with Gasteiger partial charge >= 0.3 is 0 Å². The highest BCUT2D eigenvalue weighted by Gasteiger charge is 2.27. The van der Waals surface area contributed by atoms with Crippen LogP contribution in [-0.2, 0) is 16.4 Å². The van der Waals surface area contributed by atoms with Gasteiger partial charge in [-0.2, -0.15) is 4.31 Å². The van der Waals surface area contributed by atoms with Crippen LogP contribution in [0.5, 0.6) is 0 Å². The van der Waals surface area contributed by atoms with E-state index < -0.39 is 10.0 Å². The molecule has 2 aromatic carbocycles. The Morgan fingerprint density at radius 1 is 1.08 bits per heavy atom. The van der Waals surface area contributed by atoms with Crippen molar-refractivity contribution in [2.45, 2.75) is 31.1 Å². The number of aryl methyl sites for hydroxylation is 1. The number of hydrogen-bond acceptors (Lipinski definition) is 3. The Balaban J connectivity index is 1.74. The third kappa shape index (κ3) is 3.91. The number of carbonyl (C=O) groups excluding carboxylic acids is 1. The summed E-state index contributed by atoms with van der Waals surface area (Å²) in [7, 11) is -3.45. The van der Waals surface area contributed by atoms with Crippen LogP contribution in [0.3, 0.4) is 0 Å². The molecule has 132 valence electrons. The molecule has 25 heavy (non-hydrogen) atoms. The van der Waals surface area contributed by atoms with E-state index in [1.54, 1.807) is 12.1 Å². The van der Waals surface area contributed by atoms with E-state index in [2.05, 4.69) is 12.2 Å². The molecular formula is C19H22N2O3S. The second-order valence-electron chi connectivity index (χ2n) is 6.14. The smallest absolute Gasteiger partial charge is 0.255 e. The third-order valence-corrected chi connectivity index (χ3v) is 6.33. The Kier molecular flexibility index (Phi) is 5.20. The molecular weight excluding hydrogens is 336 g/mol. The van der Waals surface area contributed by atoms with Crippen molar-refractivity contribution in [3.05, 3.63) is 59.7 Å². The van der Waals surface area contributed by atoms with Crippen molar-refractivity contribution in [2.75, 3.05) is 18.4 Å². The summed E-state index contributed by atoms with van der Waals surface area (Å²) in [5, 5.41) is 2.85. The van der Waals surface area contributed by atoms with Gasteiger partial charge in [0.05, 0.1) is 4.90 Å². The number of rotatable bonds is 5. The molecule has 0 radical (unpaired) electrons. The van der Waals surface area contributed by atoms with E-state index in [0.717, 1.165) is 30.5 Å². The Bertz CT molecular complexity index is 854. The number of benzene rings is 2. The first-order valence-electron chi connectivity index (χ1n) is 8.51. The normalized spacial score (nSPS) is 15.2. The molecule has 1 aliphatic heterocycles. The van der Waals surface area contributed by atoms with Crippen LogP contribution in [0.1, 0.15) is 35.7 Å². The number of anilines is 1. The van der Waals surface area contributed by atoms with E-state index in [0.29, 0.717) is 18.7 Å². The molecule has 6 heteroatoms. The zero-order valence-electron chi connectivity index (χ0n) is 14.2. The lowest BCUT2D eigenvalue weighted by molar-refractivity contribution is 0.102. The van der Waals surface area contributed by atoms with Crippen LogP contribution in [0.4, 0.5) is 5.69 Å². The fourth-order valence-corrected chi connectivity index (χ4v) is 4.45. The highest BCUT2D eigenvalue weighted by molar-refractivity contribution is 7.89. The quantitative estimate of drug-likeness (QED) is 0.892. The highest BCUT2D eigenvalue weighted by Crippen LogP contribution is 2.21. The van der Waals surface area contributed by atoms with Gasteiger partial charge in [-0.25, -0.2) is 8.42 Å². The van der Waals surface area contributed by atoms with Crippen LogP contribution in [0.2, 0.25) is 0 Å². The molecule has 1 saturated heterocycles. The maximum absolute atomic E-state index is 12.5. The van der Waals surface area contributed by atoms with Crippen LogP contribution in [-0.4, -0.2) is 31.7 Å². The fraction of sp³-hybridized carbons (Fsp3) is 0.316. The average Bonchev–Trinajstić information content (AvgIpc) is 3.17. The minimum absolute atomic E-state index is 0.235. The van der Waals surface area contributed by atoms with Crippen molar-refractivity contribution in [2.24, 2.45) is 0 Å². The van der Waals surface area contributed by atoms with Crippen molar-refractivity contribution in [1.29, 1.82) is 0 Å². The van der Waals surface area contributed by atoms with Crippen LogP contribution >= 0.6 is 0 Å². The van der Waals surface area contributed by atoms with Crippen molar-refractivity contribution in [3.8, 4) is 0 Å². The molecule has 0 aliphatic carbocycles. The second-order valence-corrected chi connectivity index (χ2v) is 8.08. The standard InChI is InChI=1S/C19H22N2O3S/c1-2-15-6-5-7-17(14-15)20-19(22)16-8-10-18(11-9-16)25(23,24)21-12-3-4-13-21/h5-11,14H,2-4,12-13H2,1H3,(H,20,22). The van der Waals surface area contributed by atoms with Gasteiger partial charge in [0.1, 0.15) is 0 Å². The van der Waals surface area contributed by atoms with E-state index >= 15 is 0 Å². The summed E-state index contributed by atoms with van der Waals surface area (Å²) in [6, 6.07) is 13.8. The first-order valence-corrected chi connectivity index (χ1v) is 9.95. The van der Waals surface area contributed by atoms with Crippen LogP contribution in [0, 0.1) is 0 Å². The van der Waals surface area contributed by atoms with E-state index in [1.165, 1.54) is 16.4 Å². The number of carbonyl (C=O) groups is 1. The van der Waals surface area contributed by atoms with Crippen molar-refractivity contribution < 1.29 is 13.2 Å². The van der Waals surface area contributed by atoms with E-state index in [1.807, 2.05) is 24.3 Å². The number of hydrogen-bond donors (Lipinski definition) is 1. The van der Waals surface area contributed by atoms with Crippen molar-refractivity contribution in [1.82, 2.24) is 4.31 Å². The first kappa shape index (κ1) is 17.6. The summed E-state index contributed by atoms with van der Waals surface area (Å²) in [6.07, 6.45) is 2.69. The van der Waals surface area contributed by atoms with Gasteiger partial charge in [-0.15, -0.1) is 0 Å². The topological polar surface area (TPSA) is 66.5 Å². The van der Waals surface area contributed by atoms with Gasteiger partial charge in [0.15, 0.2) is 0 Å². The Morgan fingerprint density at radius 2 is 1.76 bits per heavy atom. The lowest BCUT2D eigenvalue weighted by Crippen LogP contribution is -2.27. The summed E-state index contributed by atoms with van der Waals surface area (Å²) < 4.78 is 26.5. The lowest BCUT2D eigenvalue weighted by Gasteiger charge is -2.15. The number of sulfonamides is 1.